The molecule has 3 aromatic carbocycles. The van der Waals surface area contributed by atoms with E-state index in [2.05, 4.69) is 5.32 Å². The van der Waals surface area contributed by atoms with Gasteiger partial charge in [-0.2, -0.15) is 0 Å². The molecule has 0 atom stereocenters. The van der Waals surface area contributed by atoms with Gasteiger partial charge in [-0.3, -0.25) is 9.59 Å². The summed E-state index contributed by atoms with van der Waals surface area (Å²) in [7, 11) is 0. The number of halogens is 3. The first-order chi connectivity index (χ1) is 17.0. The highest BCUT2D eigenvalue weighted by molar-refractivity contribution is 6.54. The second-order valence-electron chi connectivity index (χ2n) is 9.07. The fraction of sp³-hybridized carbons (Fsp3) is 0.148. The fourth-order valence-corrected chi connectivity index (χ4v) is 4.24. The highest BCUT2D eigenvalue weighted by Gasteiger charge is 2.40. The van der Waals surface area contributed by atoms with Crippen LogP contribution in [-0.4, -0.2) is 17.8 Å². The second-order valence-corrected chi connectivity index (χ2v) is 10.3. The van der Waals surface area contributed by atoms with Crippen LogP contribution in [0.25, 0.3) is 0 Å². The van der Waals surface area contributed by atoms with E-state index in [1.807, 2.05) is 39.0 Å². The molecule has 9 heteroatoms. The molecular formula is C27H21Cl3N2O4. The van der Waals surface area contributed by atoms with Gasteiger partial charge in [0.25, 0.3) is 11.8 Å². The smallest absolute Gasteiger partial charge is 0.343 e. The number of benzene rings is 3. The van der Waals surface area contributed by atoms with E-state index in [1.165, 1.54) is 12.1 Å². The predicted octanol–water partition coefficient (Wildman–Crippen LogP) is 6.95. The molecule has 1 aliphatic rings. The van der Waals surface area contributed by atoms with Crippen molar-refractivity contribution in [1.82, 2.24) is 0 Å². The van der Waals surface area contributed by atoms with Gasteiger partial charge in [0.05, 0.1) is 16.3 Å². The van der Waals surface area contributed by atoms with Crippen molar-refractivity contribution < 1.29 is 19.1 Å². The highest BCUT2D eigenvalue weighted by atomic mass is 35.5. The van der Waals surface area contributed by atoms with Crippen LogP contribution in [0.1, 0.15) is 36.7 Å². The molecule has 0 unspecified atom stereocenters. The number of ether oxygens (including phenoxy) is 1. The third kappa shape index (κ3) is 5.12. The third-order valence-corrected chi connectivity index (χ3v) is 6.37. The average Bonchev–Trinajstić information content (AvgIpc) is 3.04. The van der Waals surface area contributed by atoms with Crippen LogP contribution in [0.3, 0.4) is 0 Å². The van der Waals surface area contributed by atoms with E-state index in [0.29, 0.717) is 22.0 Å². The van der Waals surface area contributed by atoms with Crippen molar-refractivity contribution in [3.8, 4) is 5.75 Å². The minimum Gasteiger partial charge on any atom is -0.423 e. The summed E-state index contributed by atoms with van der Waals surface area (Å²) in [6.45, 7) is 6.11. The molecule has 0 spiro atoms. The number of nitrogens with one attached hydrogen (secondary N) is 1. The lowest BCUT2D eigenvalue weighted by molar-refractivity contribution is -0.120. The van der Waals surface area contributed by atoms with Crippen LogP contribution in [0.15, 0.2) is 77.5 Å². The molecule has 1 aliphatic heterocycles. The molecule has 0 aliphatic carbocycles. The Morgan fingerprint density at radius 3 is 2.22 bits per heavy atom. The summed E-state index contributed by atoms with van der Waals surface area (Å²) < 4.78 is 5.64. The molecule has 36 heavy (non-hydrogen) atoms. The first kappa shape index (κ1) is 25.8. The van der Waals surface area contributed by atoms with E-state index in [-0.39, 0.29) is 26.9 Å². The van der Waals surface area contributed by atoms with Gasteiger partial charge < -0.3 is 10.1 Å². The van der Waals surface area contributed by atoms with Gasteiger partial charge in [-0.05, 0) is 53.9 Å². The molecule has 0 saturated heterocycles. The van der Waals surface area contributed by atoms with Crippen LogP contribution in [0.2, 0.25) is 10.0 Å². The molecular weight excluding hydrogens is 523 g/mol. The molecule has 0 bridgehead atoms. The SMILES string of the molecule is CC(C)(C)c1ccccc1OC(=O)c1ccc(NC2=C(Cl)C(=O)N(c3cc(Cl)ccc3Cl)C2=O)cc1. The highest BCUT2D eigenvalue weighted by Crippen LogP contribution is 2.36. The Morgan fingerprint density at radius 1 is 0.889 bits per heavy atom. The number of esters is 1. The largest absolute Gasteiger partial charge is 0.423 e. The third-order valence-electron chi connectivity index (χ3n) is 5.46. The van der Waals surface area contributed by atoms with Crippen LogP contribution < -0.4 is 15.0 Å². The van der Waals surface area contributed by atoms with Crippen LogP contribution >= 0.6 is 34.8 Å². The maximum absolute atomic E-state index is 13.0. The van der Waals surface area contributed by atoms with Gasteiger partial charge in [-0.1, -0.05) is 73.8 Å². The van der Waals surface area contributed by atoms with E-state index in [1.54, 1.807) is 36.4 Å². The number of nitrogens with zero attached hydrogens (tertiary/aromatic N) is 1. The van der Waals surface area contributed by atoms with Crippen molar-refractivity contribution in [3.05, 3.63) is 98.6 Å². The standard InChI is InChI=1S/C27H21Cl3N2O4/c1-27(2,3)18-6-4-5-7-21(18)36-26(35)15-8-11-17(12-9-15)31-23-22(30)24(33)32(25(23)34)20-14-16(28)10-13-19(20)29/h4-14,31H,1-3H3. The Bertz CT molecular complexity index is 1410. The van der Waals surface area contributed by atoms with E-state index < -0.39 is 17.8 Å². The second kappa shape index (κ2) is 9.97. The van der Waals surface area contributed by atoms with Crippen LogP contribution in [0.4, 0.5) is 11.4 Å². The number of hydrogen-bond acceptors (Lipinski definition) is 5. The number of rotatable bonds is 5. The zero-order valence-corrected chi connectivity index (χ0v) is 21.8. The van der Waals surface area contributed by atoms with Crippen molar-refractivity contribution >= 4 is 64.0 Å². The van der Waals surface area contributed by atoms with E-state index in [0.717, 1.165) is 10.5 Å². The molecule has 1 N–H and O–H groups in total. The zero-order valence-electron chi connectivity index (χ0n) is 19.6. The molecule has 6 nitrogen and oxygen atoms in total. The van der Waals surface area contributed by atoms with E-state index >= 15 is 0 Å². The topological polar surface area (TPSA) is 75.7 Å². The minimum absolute atomic E-state index is 0.118. The minimum atomic E-state index is -0.731. The van der Waals surface area contributed by atoms with E-state index in [9.17, 15) is 14.4 Å². The monoisotopic (exact) mass is 542 g/mol. The number of imide groups is 1. The fourth-order valence-electron chi connectivity index (χ4n) is 3.66. The quantitative estimate of drug-likeness (QED) is 0.214. The summed E-state index contributed by atoms with van der Waals surface area (Å²) in [5.74, 6) is -1.45. The summed E-state index contributed by atoms with van der Waals surface area (Å²) in [5.41, 5.74) is 1.47. The summed E-state index contributed by atoms with van der Waals surface area (Å²) in [6, 6.07) is 18.1. The first-order valence-corrected chi connectivity index (χ1v) is 12.0. The van der Waals surface area contributed by atoms with Gasteiger partial charge in [0.2, 0.25) is 0 Å². The van der Waals surface area contributed by atoms with Gasteiger partial charge in [0, 0.05) is 16.3 Å². The number of anilines is 2. The Labute approximate surface area is 223 Å². The number of carbonyl (C=O) groups excluding carboxylic acids is 3. The lowest BCUT2D eigenvalue weighted by atomic mass is 9.86. The van der Waals surface area contributed by atoms with Crippen LogP contribution in [0.5, 0.6) is 5.75 Å². The van der Waals surface area contributed by atoms with E-state index in [4.69, 9.17) is 39.5 Å². The number of carbonyl (C=O) groups is 3. The van der Waals surface area contributed by atoms with Crippen LogP contribution in [-0.2, 0) is 15.0 Å². The van der Waals surface area contributed by atoms with Gasteiger partial charge >= 0.3 is 5.97 Å². The Kier molecular flexibility index (Phi) is 7.14. The molecule has 0 radical (unpaired) electrons. The van der Waals surface area contributed by atoms with Gasteiger partial charge in [-0.15, -0.1) is 0 Å². The molecule has 4 rings (SSSR count). The van der Waals surface area contributed by atoms with Gasteiger partial charge in [0.15, 0.2) is 0 Å². The number of amides is 2. The zero-order chi connectivity index (χ0) is 26.2. The molecule has 1 heterocycles. The molecule has 0 fully saturated rings. The normalized spacial score (nSPS) is 13.9. The predicted molar refractivity (Wildman–Crippen MR) is 142 cm³/mol. The summed E-state index contributed by atoms with van der Waals surface area (Å²) in [5, 5.41) is 3.04. The average molecular weight is 544 g/mol. The summed E-state index contributed by atoms with van der Waals surface area (Å²) >= 11 is 18.4. The summed E-state index contributed by atoms with van der Waals surface area (Å²) in [6.07, 6.45) is 0. The molecule has 2 amide bonds. The summed E-state index contributed by atoms with van der Waals surface area (Å²) in [4.78, 5) is 39.3. The van der Waals surface area contributed by atoms with Crippen LogP contribution in [0, 0.1) is 0 Å². The lowest BCUT2D eigenvalue weighted by Gasteiger charge is -2.22. The first-order valence-electron chi connectivity index (χ1n) is 10.9. The van der Waals surface area contributed by atoms with Crippen molar-refractivity contribution in [3.63, 3.8) is 0 Å². The maximum atomic E-state index is 13.0. The molecule has 0 aromatic heterocycles. The Hall–Kier alpha value is -3.32. The van der Waals surface area contributed by atoms with Crippen molar-refractivity contribution in [1.29, 1.82) is 0 Å². The molecule has 3 aromatic rings. The number of para-hydroxylation sites is 1. The van der Waals surface area contributed by atoms with Crippen molar-refractivity contribution in [2.75, 3.05) is 10.2 Å². The molecule has 0 saturated carbocycles. The van der Waals surface area contributed by atoms with Gasteiger partial charge in [-0.25, -0.2) is 9.69 Å². The van der Waals surface area contributed by atoms with Crippen molar-refractivity contribution in [2.24, 2.45) is 0 Å². The number of hydrogen-bond donors (Lipinski definition) is 1. The van der Waals surface area contributed by atoms with Gasteiger partial charge in [0.1, 0.15) is 16.5 Å². The molecule has 184 valence electrons. The Balaban J connectivity index is 1.51. The van der Waals surface area contributed by atoms with Crippen molar-refractivity contribution in [2.45, 2.75) is 26.2 Å². The Morgan fingerprint density at radius 2 is 1.56 bits per heavy atom. The maximum Gasteiger partial charge on any atom is 0.343 e. The lowest BCUT2D eigenvalue weighted by Crippen LogP contribution is -2.32.